The zero-order chi connectivity index (χ0) is 19.2. The molecular weight excluding hydrogens is 344 g/mol. The van der Waals surface area contributed by atoms with Crippen LogP contribution in [0, 0.1) is 0 Å². The summed E-state index contributed by atoms with van der Waals surface area (Å²) in [7, 11) is 0. The normalized spacial score (nSPS) is 14.0. The third-order valence-corrected chi connectivity index (χ3v) is 4.51. The molecule has 1 heterocycles. The zero-order valence-corrected chi connectivity index (χ0v) is 14.8. The number of nitrogens with one attached hydrogen (secondary N) is 1. The maximum absolute atomic E-state index is 12.8. The number of hydrogen-bond acceptors (Lipinski definition) is 4. The lowest BCUT2D eigenvalue weighted by molar-refractivity contribution is -0.125. The highest BCUT2D eigenvalue weighted by atomic mass is 16.2. The van der Waals surface area contributed by atoms with E-state index in [1.165, 1.54) is 0 Å². The molecule has 6 nitrogen and oxygen atoms in total. The summed E-state index contributed by atoms with van der Waals surface area (Å²) >= 11 is 0. The van der Waals surface area contributed by atoms with E-state index in [0.717, 1.165) is 16.7 Å². The second-order valence-corrected chi connectivity index (χ2v) is 6.33. The van der Waals surface area contributed by atoms with Gasteiger partial charge in [0.15, 0.2) is 0 Å². The van der Waals surface area contributed by atoms with Crippen molar-refractivity contribution in [2.75, 3.05) is 6.54 Å². The second kappa shape index (κ2) is 8.40. The predicted molar refractivity (Wildman–Crippen MR) is 99.2 cm³/mol. The molecule has 0 fully saturated rings. The SMILES string of the molecule is O=CCCCNC(=O)C(Cc1ccccc1)N1C(=O)c2ccccc2C1=O. The number of carbonyl (C=O) groups excluding carboxylic acids is 4. The maximum atomic E-state index is 12.8. The van der Waals surface area contributed by atoms with Crippen molar-refractivity contribution < 1.29 is 19.2 Å². The van der Waals surface area contributed by atoms with Gasteiger partial charge >= 0.3 is 0 Å². The number of imide groups is 1. The fourth-order valence-electron chi connectivity index (χ4n) is 3.14. The quantitative estimate of drug-likeness (QED) is 0.441. The molecule has 0 aliphatic carbocycles. The minimum atomic E-state index is -0.948. The number of aldehydes is 1. The number of benzene rings is 2. The van der Waals surface area contributed by atoms with Gasteiger partial charge in [0, 0.05) is 19.4 Å². The van der Waals surface area contributed by atoms with E-state index in [9.17, 15) is 19.2 Å². The molecule has 138 valence electrons. The first kappa shape index (κ1) is 18.5. The minimum absolute atomic E-state index is 0.228. The summed E-state index contributed by atoms with van der Waals surface area (Å²) in [4.78, 5) is 49.9. The Morgan fingerprint density at radius 1 is 0.963 bits per heavy atom. The van der Waals surface area contributed by atoms with E-state index in [1.807, 2.05) is 30.3 Å². The molecule has 2 aromatic carbocycles. The van der Waals surface area contributed by atoms with Gasteiger partial charge in [-0.25, -0.2) is 0 Å². The van der Waals surface area contributed by atoms with Crippen LogP contribution in [0.4, 0.5) is 0 Å². The van der Waals surface area contributed by atoms with Gasteiger partial charge in [0.1, 0.15) is 12.3 Å². The number of carbonyl (C=O) groups is 4. The Labute approximate surface area is 157 Å². The molecule has 1 aliphatic heterocycles. The van der Waals surface area contributed by atoms with E-state index < -0.39 is 23.8 Å². The van der Waals surface area contributed by atoms with E-state index in [-0.39, 0.29) is 6.42 Å². The van der Waals surface area contributed by atoms with Crippen molar-refractivity contribution in [3.8, 4) is 0 Å². The van der Waals surface area contributed by atoms with Crippen LogP contribution in [0.1, 0.15) is 39.1 Å². The number of hydrogen-bond donors (Lipinski definition) is 1. The van der Waals surface area contributed by atoms with E-state index >= 15 is 0 Å². The molecular formula is C21H20N2O4. The van der Waals surface area contributed by atoms with Crippen molar-refractivity contribution in [1.82, 2.24) is 10.2 Å². The van der Waals surface area contributed by atoms with Crippen LogP contribution in [-0.4, -0.2) is 41.5 Å². The number of nitrogens with zero attached hydrogens (tertiary/aromatic N) is 1. The third-order valence-electron chi connectivity index (χ3n) is 4.51. The summed E-state index contributed by atoms with van der Waals surface area (Å²) in [6, 6.07) is 14.9. The molecule has 0 aromatic heterocycles. The Morgan fingerprint density at radius 3 is 2.15 bits per heavy atom. The van der Waals surface area contributed by atoms with Gasteiger partial charge in [-0.2, -0.15) is 0 Å². The maximum Gasteiger partial charge on any atom is 0.262 e. The molecule has 2 aromatic rings. The van der Waals surface area contributed by atoms with Crippen LogP contribution >= 0.6 is 0 Å². The van der Waals surface area contributed by atoms with Gasteiger partial charge in [-0.1, -0.05) is 42.5 Å². The summed E-state index contributed by atoms with van der Waals surface area (Å²) in [6.07, 6.45) is 1.87. The van der Waals surface area contributed by atoms with Gasteiger partial charge in [0.25, 0.3) is 11.8 Å². The smallest absolute Gasteiger partial charge is 0.262 e. The first-order valence-corrected chi connectivity index (χ1v) is 8.85. The number of unbranched alkanes of at least 4 members (excludes halogenated alkanes) is 1. The molecule has 6 heteroatoms. The average molecular weight is 364 g/mol. The summed E-state index contributed by atoms with van der Waals surface area (Å²) in [5.74, 6) is -1.32. The Morgan fingerprint density at radius 2 is 1.56 bits per heavy atom. The molecule has 0 bridgehead atoms. The molecule has 3 rings (SSSR count). The Balaban J connectivity index is 1.85. The van der Waals surface area contributed by atoms with Crippen molar-refractivity contribution >= 4 is 24.0 Å². The molecule has 1 aliphatic rings. The molecule has 27 heavy (non-hydrogen) atoms. The molecule has 1 N–H and O–H groups in total. The molecule has 0 spiro atoms. The number of rotatable bonds is 8. The Kier molecular flexibility index (Phi) is 5.76. The van der Waals surface area contributed by atoms with Gasteiger partial charge < -0.3 is 10.1 Å². The van der Waals surface area contributed by atoms with E-state index in [2.05, 4.69) is 5.32 Å². The highest BCUT2D eigenvalue weighted by Gasteiger charge is 2.42. The van der Waals surface area contributed by atoms with Crippen molar-refractivity contribution in [2.24, 2.45) is 0 Å². The van der Waals surface area contributed by atoms with Crippen molar-refractivity contribution in [3.05, 3.63) is 71.3 Å². The van der Waals surface area contributed by atoms with E-state index in [1.54, 1.807) is 24.3 Å². The van der Waals surface area contributed by atoms with Crippen LogP contribution < -0.4 is 5.32 Å². The van der Waals surface area contributed by atoms with Gasteiger partial charge in [-0.3, -0.25) is 19.3 Å². The Hall–Kier alpha value is -3.28. The summed E-state index contributed by atoms with van der Waals surface area (Å²) in [6.45, 7) is 0.312. The Bertz CT molecular complexity index is 828. The topological polar surface area (TPSA) is 83.6 Å². The van der Waals surface area contributed by atoms with E-state index in [4.69, 9.17) is 0 Å². The van der Waals surface area contributed by atoms with Crippen LogP contribution in [0.25, 0.3) is 0 Å². The standard InChI is InChI=1S/C21H20N2O4/c24-13-7-6-12-22-19(25)18(14-15-8-2-1-3-9-15)23-20(26)16-10-4-5-11-17(16)21(23)27/h1-5,8-11,13,18H,6-7,12,14H2,(H,22,25). The monoisotopic (exact) mass is 364 g/mol. The van der Waals surface area contributed by atoms with E-state index in [0.29, 0.717) is 30.5 Å². The second-order valence-electron chi connectivity index (χ2n) is 6.33. The van der Waals surface area contributed by atoms with Crippen molar-refractivity contribution in [3.63, 3.8) is 0 Å². The highest BCUT2D eigenvalue weighted by Crippen LogP contribution is 2.26. The molecule has 3 amide bonds. The van der Waals surface area contributed by atoms with Gasteiger partial charge in [-0.15, -0.1) is 0 Å². The molecule has 1 atom stereocenters. The summed E-state index contributed by atoms with van der Waals surface area (Å²) in [5, 5.41) is 2.74. The highest BCUT2D eigenvalue weighted by molar-refractivity contribution is 6.22. The first-order chi connectivity index (χ1) is 13.1. The molecule has 1 unspecified atom stereocenters. The van der Waals surface area contributed by atoms with Crippen LogP contribution in [0.15, 0.2) is 54.6 Å². The fraction of sp³-hybridized carbons (Fsp3) is 0.238. The first-order valence-electron chi connectivity index (χ1n) is 8.85. The predicted octanol–water partition coefficient (Wildman–Crippen LogP) is 1.99. The van der Waals surface area contributed by atoms with Crippen molar-refractivity contribution in [1.29, 1.82) is 0 Å². The van der Waals surface area contributed by atoms with Gasteiger partial charge in [-0.05, 0) is 24.1 Å². The lowest BCUT2D eigenvalue weighted by atomic mass is 10.0. The average Bonchev–Trinajstić information content (AvgIpc) is 2.95. The van der Waals surface area contributed by atoms with Crippen LogP contribution in [0.5, 0.6) is 0 Å². The number of fused-ring (bicyclic) bond motifs is 1. The van der Waals surface area contributed by atoms with Gasteiger partial charge in [0.2, 0.25) is 5.91 Å². The lowest BCUT2D eigenvalue weighted by Crippen LogP contribution is -2.50. The zero-order valence-electron chi connectivity index (χ0n) is 14.8. The van der Waals surface area contributed by atoms with Gasteiger partial charge in [0.05, 0.1) is 11.1 Å². The van der Waals surface area contributed by atoms with Crippen LogP contribution in [0.2, 0.25) is 0 Å². The summed E-state index contributed by atoms with van der Waals surface area (Å²) in [5.41, 5.74) is 1.48. The van der Waals surface area contributed by atoms with Crippen LogP contribution in [-0.2, 0) is 16.0 Å². The summed E-state index contributed by atoms with van der Waals surface area (Å²) < 4.78 is 0. The van der Waals surface area contributed by atoms with Crippen LogP contribution in [0.3, 0.4) is 0 Å². The molecule has 0 saturated heterocycles. The molecule has 0 saturated carbocycles. The lowest BCUT2D eigenvalue weighted by Gasteiger charge is -2.25. The molecule has 0 radical (unpaired) electrons. The fourth-order valence-corrected chi connectivity index (χ4v) is 3.14. The third kappa shape index (κ3) is 3.95. The van der Waals surface area contributed by atoms with Crippen molar-refractivity contribution in [2.45, 2.75) is 25.3 Å². The largest absolute Gasteiger partial charge is 0.354 e. The number of amides is 3. The minimum Gasteiger partial charge on any atom is -0.354 e.